The maximum absolute atomic E-state index is 11.8. The van der Waals surface area contributed by atoms with E-state index in [0.717, 1.165) is 9.46 Å². The normalized spacial score (nSPS) is 10.6. The van der Waals surface area contributed by atoms with Gasteiger partial charge in [-0.25, -0.2) is 4.79 Å². The summed E-state index contributed by atoms with van der Waals surface area (Å²) in [6.07, 6.45) is 0. The number of rotatable bonds is 2. The van der Waals surface area contributed by atoms with Gasteiger partial charge in [-0.1, -0.05) is 23.9 Å². The number of nitrogen functional groups attached to an aromatic ring is 1. The minimum absolute atomic E-state index is 0.324. The average Bonchev–Trinajstić information content (AvgIpc) is 2.36. The molecule has 0 fully saturated rings. The smallest absolute Gasteiger partial charge is 0.331 e. The Morgan fingerprint density at radius 3 is 2.44 bits per heavy atom. The Morgan fingerprint density at radius 1 is 1.11 bits per heavy atom. The molecule has 5 nitrogen and oxygen atoms in total. The molecule has 0 radical (unpaired) electrons. The van der Waals surface area contributed by atoms with E-state index < -0.39 is 0 Å². The van der Waals surface area contributed by atoms with E-state index in [1.807, 2.05) is 18.2 Å². The molecular weight excluding hydrogens is 250 g/mol. The fourth-order valence-electron chi connectivity index (χ4n) is 1.50. The fourth-order valence-corrected chi connectivity index (χ4v) is 2.43. The molecule has 2 N–H and O–H groups in total. The molecule has 6 heteroatoms. The lowest BCUT2D eigenvalue weighted by atomic mass is 10.3. The van der Waals surface area contributed by atoms with Crippen LogP contribution in [-0.4, -0.2) is 9.13 Å². The first-order chi connectivity index (χ1) is 8.50. The van der Waals surface area contributed by atoms with Gasteiger partial charge in [0.15, 0.2) is 0 Å². The lowest BCUT2D eigenvalue weighted by molar-refractivity contribution is 0.636. The van der Waals surface area contributed by atoms with Gasteiger partial charge in [0.05, 0.1) is 5.03 Å². The van der Waals surface area contributed by atoms with Crippen molar-refractivity contribution in [3.63, 3.8) is 0 Å². The van der Waals surface area contributed by atoms with Crippen LogP contribution in [0, 0.1) is 0 Å². The molecular formula is C12H13N3O2S. The van der Waals surface area contributed by atoms with Crippen LogP contribution in [0.15, 0.2) is 49.8 Å². The molecule has 0 aliphatic heterocycles. The number of hydrogen-bond acceptors (Lipinski definition) is 4. The number of anilines is 1. The minimum Gasteiger partial charge on any atom is -0.398 e. The number of aromatic nitrogens is 2. The van der Waals surface area contributed by atoms with Crippen LogP contribution >= 0.6 is 11.8 Å². The largest absolute Gasteiger partial charge is 0.398 e. The Balaban J connectivity index is 2.52. The van der Waals surface area contributed by atoms with E-state index in [2.05, 4.69) is 0 Å². The molecule has 0 aliphatic carbocycles. The second-order valence-electron chi connectivity index (χ2n) is 3.86. The zero-order valence-corrected chi connectivity index (χ0v) is 10.9. The summed E-state index contributed by atoms with van der Waals surface area (Å²) in [5, 5.41) is 0.570. The molecule has 0 spiro atoms. The van der Waals surface area contributed by atoms with Crippen molar-refractivity contribution in [1.29, 1.82) is 0 Å². The van der Waals surface area contributed by atoms with E-state index in [0.29, 0.717) is 10.7 Å². The van der Waals surface area contributed by atoms with Gasteiger partial charge in [0, 0.05) is 30.7 Å². The van der Waals surface area contributed by atoms with Gasteiger partial charge in [0.2, 0.25) is 0 Å². The van der Waals surface area contributed by atoms with Crippen LogP contribution in [0.5, 0.6) is 0 Å². The van der Waals surface area contributed by atoms with Gasteiger partial charge in [0.25, 0.3) is 5.56 Å². The van der Waals surface area contributed by atoms with E-state index in [-0.39, 0.29) is 11.2 Å². The van der Waals surface area contributed by atoms with E-state index in [4.69, 9.17) is 5.73 Å². The van der Waals surface area contributed by atoms with Crippen LogP contribution in [0.3, 0.4) is 0 Å². The van der Waals surface area contributed by atoms with Crippen molar-refractivity contribution < 1.29 is 0 Å². The number of benzene rings is 1. The van der Waals surface area contributed by atoms with Gasteiger partial charge in [-0.2, -0.15) is 0 Å². The SMILES string of the molecule is Cn1c(Sc2ccccc2N)cc(=O)n(C)c1=O. The quantitative estimate of drug-likeness (QED) is 0.643. The number of para-hydroxylation sites is 1. The third kappa shape index (κ3) is 2.19. The molecule has 2 rings (SSSR count). The molecule has 1 heterocycles. The lowest BCUT2D eigenvalue weighted by Crippen LogP contribution is -2.36. The first-order valence-electron chi connectivity index (χ1n) is 5.30. The summed E-state index contributed by atoms with van der Waals surface area (Å²) >= 11 is 1.30. The van der Waals surface area contributed by atoms with Crippen LogP contribution < -0.4 is 17.0 Å². The molecule has 2 aromatic rings. The highest BCUT2D eigenvalue weighted by Gasteiger charge is 2.08. The molecule has 0 amide bonds. The van der Waals surface area contributed by atoms with Crippen LogP contribution in [-0.2, 0) is 14.1 Å². The highest BCUT2D eigenvalue weighted by Crippen LogP contribution is 2.29. The number of nitrogens with zero attached hydrogens (tertiary/aromatic N) is 2. The minimum atomic E-state index is -0.348. The monoisotopic (exact) mass is 263 g/mol. The summed E-state index contributed by atoms with van der Waals surface area (Å²) in [7, 11) is 3.08. The molecule has 1 aromatic heterocycles. The second-order valence-corrected chi connectivity index (χ2v) is 4.92. The number of nitrogens with two attached hydrogens (primary N) is 1. The van der Waals surface area contributed by atoms with Gasteiger partial charge in [-0.15, -0.1) is 0 Å². The van der Waals surface area contributed by atoms with Gasteiger partial charge < -0.3 is 5.73 Å². The summed E-state index contributed by atoms with van der Waals surface area (Å²) in [5.41, 5.74) is 5.78. The highest BCUT2D eigenvalue weighted by molar-refractivity contribution is 7.99. The van der Waals surface area contributed by atoms with Crippen molar-refractivity contribution in [1.82, 2.24) is 9.13 Å². The maximum atomic E-state index is 11.8. The van der Waals surface area contributed by atoms with E-state index in [9.17, 15) is 9.59 Å². The molecule has 18 heavy (non-hydrogen) atoms. The highest BCUT2D eigenvalue weighted by atomic mass is 32.2. The molecule has 0 saturated heterocycles. The second kappa shape index (κ2) is 4.73. The zero-order chi connectivity index (χ0) is 13.3. The van der Waals surface area contributed by atoms with E-state index in [1.165, 1.54) is 29.4 Å². The fraction of sp³-hybridized carbons (Fsp3) is 0.167. The summed E-state index contributed by atoms with van der Waals surface area (Å²) in [6, 6.07) is 8.75. The van der Waals surface area contributed by atoms with Crippen molar-refractivity contribution in [2.75, 3.05) is 5.73 Å². The topological polar surface area (TPSA) is 70.0 Å². The van der Waals surface area contributed by atoms with Gasteiger partial charge in [-0.05, 0) is 12.1 Å². The molecule has 94 valence electrons. The third-order valence-electron chi connectivity index (χ3n) is 2.62. The van der Waals surface area contributed by atoms with Crippen LogP contribution in [0.4, 0.5) is 5.69 Å². The van der Waals surface area contributed by atoms with Crippen molar-refractivity contribution >= 4 is 17.4 Å². The van der Waals surface area contributed by atoms with Crippen molar-refractivity contribution in [3.05, 3.63) is 51.2 Å². The van der Waals surface area contributed by atoms with Crippen LogP contribution in [0.2, 0.25) is 0 Å². The molecule has 0 saturated carbocycles. The standard InChI is InChI=1S/C12H13N3O2S/c1-14-10(16)7-11(15(2)12(14)17)18-9-6-4-3-5-8(9)13/h3-7H,13H2,1-2H3. The molecule has 0 bridgehead atoms. The van der Waals surface area contributed by atoms with Crippen molar-refractivity contribution in [2.45, 2.75) is 9.92 Å². The summed E-state index contributed by atoms with van der Waals surface area (Å²) < 4.78 is 2.50. The van der Waals surface area contributed by atoms with Gasteiger partial charge in [0.1, 0.15) is 0 Å². The van der Waals surface area contributed by atoms with E-state index >= 15 is 0 Å². The molecule has 0 aliphatic rings. The summed E-state index contributed by atoms with van der Waals surface area (Å²) in [4.78, 5) is 24.2. The van der Waals surface area contributed by atoms with Gasteiger partial charge in [-0.3, -0.25) is 13.9 Å². The van der Waals surface area contributed by atoms with E-state index in [1.54, 1.807) is 13.1 Å². The third-order valence-corrected chi connectivity index (χ3v) is 3.81. The molecule has 1 aromatic carbocycles. The Kier molecular flexibility index (Phi) is 3.29. The average molecular weight is 263 g/mol. The van der Waals surface area contributed by atoms with Crippen molar-refractivity contribution in [2.24, 2.45) is 14.1 Å². The Morgan fingerprint density at radius 2 is 1.78 bits per heavy atom. The number of hydrogen-bond donors (Lipinski definition) is 1. The summed E-state index contributed by atoms with van der Waals surface area (Å²) in [6.45, 7) is 0. The van der Waals surface area contributed by atoms with Crippen LogP contribution in [0.25, 0.3) is 0 Å². The first-order valence-corrected chi connectivity index (χ1v) is 6.12. The Hall–Kier alpha value is -1.95. The van der Waals surface area contributed by atoms with Crippen molar-refractivity contribution in [3.8, 4) is 0 Å². The van der Waals surface area contributed by atoms with Gasteiger partial charge >= 0.3 is 5.69 Å². The molecule has 0 unspecified atom stereocenters. The van der Waals surface area contributed by atoms with Crippen LogP contribution in [0.1, 0.15) is 0 Å². The molecule has 0 atom stereocenters. The maximum Gasteiger partial charge on any atom is 0.331 e. The predicted molar refractivity (Wildman–Crippen MR) is 71.9 cm³/mol. The predicted octanol–water partition coefficient (Wildman–Crippen LogP) is 0.817. The lowest BCUT2D eigenvalue weighted by Gasteiger charge is -2.09. The first kappa shape index (κ1) is 12.5. The summed E-state index contributed by atoms with van der Waals surface area (Å²) in [5.74, 6) is 0. The zero-order valence-electron chi connectivity index (χ0n) is 10.1. The Bertz CT molecular complexity index is 703. The Labute approximate surface area is 108 Å².